The number of hydrogen-bond acceptors (Lipinski definition) is 3. The number of piperidine rings is 1. The molecular formula is C27H28ClF3N2O. The highest BCUT2D eigenvalue weighted by molar-refractivity contribution is 5.85. The first kappa shape index (κ1) is 24.6. The lowest BCUT2D eigenvalue weighted by Crippen LogP contribution is -2.45. The van der Waals surface area contributed by atoms with Crippen LogP contribution in [0.5, 0.6) is 5.75 Å². The molecule has 180 valence electrons. The van der Waals surface area contributed by atoms with Gasteiger partial charge in [-0.05, 0) is 65.9 Å². The predicted molar refractivity (Wildman–Crippen MR) is 130 cm³/mol. The van der Waals surface area contributed by atoms with Crippen LogP contribution >= 0.6 is 12.4 Å². The topological polar surface area (TPSA) is 33.3 Å². The second-order valence-corrected chi connectivity index (χ2v) is 8.77. The highest BCUT2D eigenvalue weighted by Gasteiger charge is 2.30. The van der Waals surface area contributed by atoms with Gasteiger partial charge in [0.25, 0.3) is 0 Å². The molecule has 5 rings (SSSR count). The summed E-state index contributed by atoms with van der Waals surface area (Å²) in [4.78, 5) is 0. The van der Waals surface area contributed by atoms with Gasteiger partial charge in [0.05, 0.1) is 12.2 Å². The van der Waals surface area contributed by atoms with Crippen LogP contribution in [0, 0.1) is 0 Å². The van der Waals surface area contributed by atoms with Crippen LogP contribution in [0.2, 0.25) is 0 Å². The molecule has 2 atom stereocenters. The van der Waals surface area contributed by atoms with E-state index < -0.39 is 11.7 Å². The molecule has 0 bridgehead atoms. The zero-order chi connectivity index (χ0) is 22.8. The second kappa shape index (κ2) is 10.4. The Bertz CT molecular complexity index is 1100. The average molecular weight is 489 g/mol. The van der Waals surface area contributed by atoms with Crippen molar-refractivity contribution in [1.82, 2.24) is 10.6 Å². The predicted octanol–water partition coefficient (Wildman–Crippen LogP) is 6.31. The summed E-state index contributed by atoms with van der Waals surface area (Å²) in [6.45, 7) is 2.28. The largest absolute Gasteiger partial charge is 0.493 e. The number of benzene rings is 3. The van der Waals surface area contributed by atoms with E-state index in [0.29, 0.717) is 13.2 Å². The van der Waals surface area contributed by atoms with E-state index in [2.05, 4.69) is 34.9 Å². The van der Waals surface area contributed by atoms with Gasteiger partial charge in [0.2, 0.25) is 0 Å². The van der Waals surface area contributed by atoms with E-state index in [0.717, 1.165) is 65.9 Å². The van der Waals surface area contributed by atoms with Crippen molar-refractivity contribution in [2.24, 2.45) is 0 Å². The summed E-state index contributed by atoms with van der Waals surface area (Å²) in [7, 11) is 0. The van der Waals surface area contributed by atoms with E-state index in [4.69, 9.17) is 4.74 Å². The third kappa shape index (κ3) is 5.24. The minimum atomic E-state index is -4.33. The standard InChI is InChI=1S/C27H27F3N2O.ClH/c28-27(29,30)23-10-8-18(9-11-23)21-15-20-12-14-33-26(20)22(16-21)17-32-24-7-4-13-31-25(24)19-5-2-1-3-6-19;/h1-3,5-6,8-11,15-16,24-25,31-32H,4,7,12-14,17H2;1H/t24-,25-;/m0./s1. The van der Waals surface area contributed by atoms with Gasteiger partial charge in [-0.25, -0.2) is 0 Å². The van der Waals surface area contributed by atoms with E-state index in [1.807, 2.05) is 18.2 Å². The summed E-state index contributed by atoms with van der Waals surface area (Å²) in [6.07, 6.45) is -1.33. The fourth-order valence-corrected chi connectivity index (χ4v) is 4.90. The SMILES string of the molecule is Cl.FC(F)(F)c1ccc(-c2cc3c(c(CN[C@H]4CCCN[C@H]4c4ccccc4)c2)OCC3)cc1. The molecule has 0 aliphatic carbocycles. The minimum absolute atomic E-state index is 0. The van der Waals surface area contributed by atoms with Gasteiger partial charge < -0.3 is 15.4 Å². The highest BCUT2D eigenvalue weighted by atomic mass is 35.5. The molecule has 0 saturated carbocycles. The van der Waals surface area contributed by atoms with Gasteiger partial charge in [0, 0.05) is 30.6 Å². The Labute approximate surface area is 204 Å². The van der Waals surface area contributed by atoms with Gasteiger partial charge in [-0.3, -0.25) is 0 Å². The molecule has 0 amide bonds. The van der Waals surface area contributed by atoms with Crippen molar-refractivity contribution in [3.05, 3.63) is 89.0 Å². The van der Waals surface area contributed by atoms with Crippen LogP contribution in [0.1, 0.15) is 41.1 Å². The van der Waals surface area contributed by atoms with Crippen molar-refractivity contribution in [3.63, 3.8) is 0 Å². The van der Waals surface area contributed by atoms with Crippen LogP contribution in [0.25, 0.3) is 11.1 Å². The van der Waals surface area contributed by atoms with Crippen molar-refractivity contribution < 1.29 is 17.9 Å². The molecule has 0 spiro atoms. The van der Waals surface area contributed by atoms with Gasteiger partial charge >= 0.3 is 6.18 Å². The van der Waals surface area contributed by atoms with Crippen LogP contribution < -0.4 is 15.4 Å². The number of fused-ring (bicyclic) bond motifs is 1. The van der Waals surface area contributed by atoms with Gasteiger partial charge in [0.1, 0.15) is 5.75 Å². The summed E-state index contributed by atoms with van der Waals surface area (Å²) in [5, 5.41) is 7.38. The lowest BCUT2D eigenvalue weighted by molar-refractivity contribution is -0.137. The maximum absolute atomic E-state index is 13.0. The van der Waals surface area contributed by atoms with Crippen LogP contribution in [0.15, 0.2) is 66.7 Å². The van der Waals surface area contributed by atoms with E-state index in [1.54, 1.807) is 12.1 Å². The molecule has 0 radical (unpaired) electrons. The van der Waals surface area contributed by atoms with Crippen LogP contribution in [0.3, 0.4) is 0 Å². The molecule has 0 unspecified atom stereocenters. The first-order valence-corrected chi connectivity index (χ1v) is 11.5. The van der Waals surface area contributed by atoms with Crippen molar-refractivity contribution in [2.75, 3.05) is 13.2 Å². The molecule has 2 heterocycles. The van der Waals surface area contributed by atoms with Crippen LogP contribution in [0.4, 0.5) is 13.2 Å². The number of nitrogens with one attached hydrogen (secondary N) is 2. The third-order valence-corrected chi connectivity index (χ3v) is 6.58. The normalized spacial score (nSPS) is 19.7. The zero-order valence-corrected chi connectivity index (χ0v) is 19.5. The van der Waals surface area contributed by atoms with Crippen LogP contribution in [-0.2, 0) is 19.1 Å². The Morgan fingerprint density at radius 3 is 2.47 bits per heavy atom. The maximum Gasteiger partial charge on any atom is 0.416 e. The highest BCUT2D eigenvalue weighted by Crippen LogP contribution is 2.36. The Balaban J connectivity index is 0.00000274. The van der Waals surface area contributed by atoms with Crippen molar-refractivity contribution in [3.8, 4) is 16.9 Å². The molecular weight excluding hydrogens is 461 g/mol. The lowest BCUT2D eigenvalue weighted by Gasteiger charge is -2.34. The fraction of sp³-hybridized carbons (Fsp3) is 0.333. The van der Waals surface area contributed by atoms with Crippen LogP contribution in [-0.4, -0.2) is 19.2 Å². The maximum atomic E-state index is 13.0. The first-order chi connectivity index (χ1) is 16.0. The van der Waals surface area contributed by atoms with Gasteiger partial charge in [-0.1, -0.05) is 42.5 Å². The number of hydrogen-bond donors (Lipinski definition) is 2. The molecule has 7 heteroatoms. The minimum Gasteiger partial charge on any atom is -0.493 e. The molecule has 1 fully saturated rings. The molecule has 0 aromatic heterocycles. The monoisotopic (exact) mass is 488 g/mol. The molecule has 3 aromatic carbocycles. The smallest absolute Gasteiger partial charge is 0.416 e. The van der Waals surface area contributed by atoms with Crippen molar-refractivity contribution in [1.29, 1.82) is 0 Å². The average Bonchev–Trinajstić information content (AvgIpc) is 3.32. The molecule has 2 N–H and O–H groups in total. The zero-order valence-electron chi connectivity index (χ0n) is 18.7. The Hall–Kier alpha value is -2.54. The van der Waals surface area contributed by atoms with Crippen molar-refractivity contribution >= 4 is 12.4 Å². The van der Waals surface area contributed by atoms with E-state index >= 15 is 0 Å². The molecule has 2 aliphatic rings. The molecule has 34 heavy (non-hydrogen) atoms. The summed E-state index contributed by atoms with van der Waals surface area (Å²) in [6, 6.07) is 20.5. The van der Waals surface area contributed by atoms with E-state index in [9.17, 15) is 13.2 Å². The Kier molecular flexibility index (Phi) is 7.51. The van der Waals surface area contributed by atoms with Gasteiger partial charge in [-0.15, -0.1) is 12.4 Å². The van der Waals surface area contributed by atoms with Crippen molar-refractivity contribution in [2.45, 2.75) is 44.1 Å². The number of alkyl halides is 3. The van der Waals surface area contributed by atoms with Gasteiger partial charge in [0.15, 0.2) is 0 Å². The Morgan fingerprint density at radius 1 is 0.971 bits per heavy atom. The summed E-state index contributed by atoms with van der Waals surface area (Å²) >= 11 is 0. The quantitative estimate of drug-likeness (QED) is 0.441. The van der Waals surface area contributed by atoms with E-state index in [-0.39, 0.29) is 24.5 Å². The Morgan fingerprint density at radius 2 is 1.74 bits per heavy atom. The molecule has 3 aromatic rings. The van der Waals surface area contributed by atoms with Gasteiger partial charge in [-0.2, -0.15) is 13.2 Å². The summed E-state index contributed by atoms with van der Waals surface area (Å²) in [5.74, 6) is 0.915. The number of rotatable bonds is 5. The number of halogens is 4. The first-order valence-electron chi connectivity index (χ1n) is 11.5. The second-order valence-electron chi connectivity index (χ2n) is 8.77. The molecule has 2 aliphatic heterocycles. The number of ether oxygens (including phenoxy) is 1. The summed E-state index contributed by atoms with van der Waals surface area (Å²) in [5.41, 5.74) is 4.51. The molecule has 3 nitrogen and oxygen atoms in total. The lowest BCUT2D eigenvalue weighted by atomic mass is 9.91. The third-order valence-electron chi connectivity index (χ3n) is 6.58. The summed E-state index contributed by atoms with van der Waals surface area (Å²) < 4.78 is 44.8. The van der Waals surface area contributed by atoms with E-state index in [1.165, 1.54) is 5.56 Å². The fourth-order valence-electron chi connectivity index (χ4n) is 4.90. The molecule has 1 saturated heterocycles.